The van der Waals surface area contributed by atoms with Crippen LogP contribution in [0.5, 0.6) is 0 Å². The highest BCUT2D eigenvalue weighted by Crippen LogP contribution is 2.34. The number of amidine groups is 2. The fraction of sp³-hybridized carbons (Fsp3) is 0.208. The molecule has 35 heavy (non-hydrogen) atoms. The minimum Gasteiger partial charge on any atom is -0.467 e. The van der Waals surface area contributed by atoms with Crippen LogP contribution in [0.25, 0.3) is 0 Å². The van der Waals surface area contributed by atoms with Crippen molar-refractivity contribution in [3.05, 3.63) is 76.4 Å². The zero-order chi connectivity index (χ0) is 24.2. The third-order valence-electron chi connectivity index (χ3n) is 5.34. The van der Waals surface area contributed by atoms with Crippen LogP contribution in [0.3, 0.4) is 0 Å². The predicted octanol–water partition coefficient (Wildman–Crippen LogP) is 3.06. The molecule has 0 saturated carbocycles. The molecule has 178 valence electrons. The molecule has 1 atom stereocenters. The molecule has 11 heteroatoms. The lowest BCUT2D eigenvalue weighted by molar-refractivity contribution is -0.128. The first-order valence-electron chi connectivity index (χ1n) is 10.9. The van der Waals surface area contributed by atoms with Crippen LogP contribution in [0.2, 0.25) is 0 Å². The van der Waals surface area contributed by atoms with Gasteiger partial charge in [0.25, 0.3) is 5.91 Å². The summed E-state index contributed by atoms with van der Waals surface area (Å²) < 4.78 is 5.22. The van der Waals surface area contributed by atoms with E-state index in [0.717, 1.165) is 16.6 Å². The number of hydrogen-bond donors (Lipinski definition) is 2. The fourth-order valence-electron chi connectivity index (χ4n) is 3.66. The van der Waals surface area contributed by atoms with Crippen LogP contribution in [0, 0.1) is 0 Å². The summed E-state index contributed by atoms with van der Waals surface area (Å²) in [6.45, 7) is 0.690. The van der Waals surface area contributed by atoms with Gasteiger partial charge in [-0.3, -0.25) is 19.4 Å². The monoisotopic (exact) mass is 507 g/mol. The molecule has 1 aromatic carbocycles. The number of carbonyl (C=O) groups is 3. The van der Waals surface area contributed by atoms with Crippen molar-refractivity contribution in [3.63, 3.8) is 0 Å². The van der Waals surface area contributed by atoms with Crippen molar-refractivity contribution in [1.82, 2.24) is 15.5 Å². The van der Waals surface area contributed by atoms with E-state index >= 15 is 0 Å². The van der Waals surface area contributed by atoms with E-state index in [4.69, 9.17) is 4.42 Å². The van der Waals surface area contributed by atoms with Crippen LogP contribution < -0.4 is 10.6 Å². The van der Waals surface area contributed by atoms with Gasteiger partial charge in [-0.1, -0.05) is 30.0 Å². The fourth-order valence-corrected chi connectivity index (χ4v) is 5.13. The van der Waals surface area contributed by atoms with Gasteiger partial charge in [0.05, 0.1) is 37.2 Å². The van der Waals surface area contributed by atoms with E-state index in [1.807, 2.05) is 41.8 Å². The number of para-hydroxylation sites is 1. The van der Waals surface area contributed by atoms with Crippen LogP contribution >= 0.6 is 23.1 Å². The van der Waals surface area contributed by atoms with E-state index in [1.165, 1.54) is 4.90 Å². The number of hydrogen-bond acceptors (Lipinski definition) is 8. The highest BCUT2D eigenvalue weighted by Gasteiger charge is 2.42. The van der Waals surface area contributed by atoms with Crippen LogP contribution in [0.4, 0.5) is 5.69 Å². The summed E-state index contributed by atoms with van der Waals surface area (Å²) in [5, 5.41) is 7.93. The lowest BCUT2D eigenvalue weighted by atomic mass is 10.1. The maximum absolute atomic E-state index is 13.3. The maximum atomic E-state index is 13.3. The van der Waals surface area contributed by atoms with Gasteiger partial charge in [0.1, 0.15) is 17.6 Å². The van der Waals surface area contributed by atoms with Gasteiger partial charge >= 0.3 is 0 Å². The van der Waals surface area contributed by atoms with E-state index in [0.29, 0.717) is 34.6 Å². The van der Waals surface area contributed by atoms with Gasteiger partial charge in [-0.05, 0) is 35.7 Å². The number of amides is 3. The lowest BCUT2D eigenvalue weighted by Gasteiger charge is -2.25. The Kier molecular flexibility index (Phi) is 6.77. The quantitative estimate of drug-likeness (QED) is 0.486. The Hall–Kier alpha value is -3.70. The molecule has 0 bridgehead atoms. The number of carbonyl (C=O) groups excluding carboxylic acids is 3. The molecule has 0 unspecified atom stereocenters. The SMILES string of the molecule is O=C(CSC1=Nc2ccccc2C2=N[C@@H](CC(=O)NCc3cccs3)C(=O)N12)NCc1ccco1. The molecule has 0 saturated heterocycles. The topological polar surface area (TPSA) is 116 Å². The van der Waals surface area contributed by atoms with Crippen LogP contribution in [-0.2, 0) is 27.5 Å². The van der Waals surface area contributed by atoms with Crippen molar-refractivity contribution in [1.29, 1.82) is 0 Å². The van der Waals surface area contributed by atoms with Crippen LogP contribution in [0.15, 0.2) is 74.6 Å². The smallest absolute Gasteiger partial charge is 0.259 e. The van der Waals surface area contributed by atoms with Gasteiger partial charge in [-0.25, -0.2) is 9.89 Å². The predicted molar refractivity (Wildman–Crippen MR) is 135 cm³/mol. The van der Waals surface area contributed by atoms with E-state index < -0.39 is 6.04 Å². The number of fused-ring (bicyclic) bond motifs is 3. The Balaban J connectivity index is 1.27. The number of thiophene rings is 1. The van der Waals surface area contributed by atoms with Crippen molar-refractivity contribution >= 4 is 57.5 Å². The average Bonchev–Trinajstić information content (AvgIpc) is 3.63. The Bertz CT molecular complexity index is 1300. The molecule has 2 N–H and O–H groups in total. The van der Waals surface area contributed by atoms with Gasteiger partial charge in [0.15, 0.2) is 5.17 Å². The second-order valence-electron chi connectivity index (χ2n) is 7.76. The summed E-state index contributed by atoms with van der Waals surface area (Å²) in [7, 11) is 0. The summed E-state index contributed by atoms with van der Waals surface area (Å²) in [5.41, 5.74) is 1.38. The van der Waals surface area contributed by atoms with E-state index in [2.05, 4.69) is 20.6 Å². The van der Waals surface area contributed by atoms with Gasteiger partial charge in [0, 0.05) is 10.4 Å². The zero-order valence-electron chi connectivity index (χ0n) is 18.5. The molecule has 0 spiro atoms. The number of nitrogens with zero attached hydrogens (tertiary/aromatic N) is 3. The molecular weight excluding hydrogens is 486 g/mol. The molecule has 3 amide bonds. The summed E-state index contributed by atoms with van der Waals surface area (Å²) in [6.07, 6.45) is 1.48. The largest absolute Gasteiger partial charge is 0.467 e. The van der Waals surface area contributed by atoms with Crippen molar-refractivity contribution in [3.8, 4) is 0 Å². The number of rotatable bonds is 8. The molecular formula is C24H21N5O4S2. The van der Waals surface area contributed by atoms with Gasteiger partial charge in [0.2, 0.25) is 11.8 Å². The molecule has 2 aliphatic rings. The average molecular weight is 508 g/mol. The number of aliphatic imine (C=N–C) groups is 2. The number of thioether (sulfide) groups is 1. The molecule has 3 aromatic rings. The van der Waals surface area contributed by atoms with Gasteiger partial charge in [-0.2, -0.15) is 0 Å². The van der Waals surface area contributed by atoms with E-state index in [1.54, 1.807) is 29.7 Å². The maximum Gasteiger partial charge on any atom is 0.259 e. The van der Waals surface area contributed by atoms with E-state index in [-0.39, 0.29) is 36.4 Å². The molecule has 2 aromatic heterocycles. The second-order valence-corrected chi connectivity index (χ2v) is 9.73. The molecule has 0 fully saturated rings. The van der Waals surface area contributed by atoms with Crippen LogP contribution in [0.1, 0.15) is 22.6 Å². The third kappa shape index (κ3) is 5.20. The Morgan fingerprint density at radius 1 is 1.06 bits per heavy atom. The van der Waals surface area contributed by atoms with Crippen molar-refractivity contribution in [2.45, 2.75) is 25.6 Å². The summed E-state index contributed by atoms with van der Waals surface area (Å²) in [4.78, 5) is 49.8. The Labute approximate surface area is 209 Å². The number of benzene rings is 1. The van der Waals surface area contributed by atoms with E-state index in [9.17, 15) is 14.4 Å². The molecule has 0 aliphatic carbocycles. The molecule has 2 aliphatic heterocycles. The lowest BCUT2D eigenvalue weighted by Crippen LogP contribution is -2.42. The number of nitrogens with one attached hydrogen (secondary N) is 2. The summed E-state index contributed by atoms with van der Waals surface area (Å²) in [6, 6.07) is 13.9. The molecule has 4 heterocycles. The highest BCUT2D eigenvalue weighted by atomic mass is 32.2. The minimum absolute atomic E-state index is 0.0603. The molecule has 0 radical (unpaired) electrons. The first-order valence-corrected chi connectivity index (χ1v) is 12.8. The van der Waals surface area contributed by atoms with Crippen LogP contribution in [-0.4, -0.2) is 45.4 Å². The summed E-state index contributed by atoms with van der Waals surface area (Å²) >= 11 is 2.70. The Morgan fingerprint density at radius 3 is 2.71 bits per heavy atom. The summed E-state index contributed by atoms with van der Waals surface area (Å²) in [5.74, 6) is 0.361. The first-order chi connectivity index (χ1) is 17.1. The van der Waals surface area contributed by atoms with Crippen molar-refractivity contribution in [2.24, 2.45) is 9.98 Å². The van der Waals surface area contributed by atoms with Gasteiger partial charge in [-0.15, -0.1) is 11.3 Å². The normalized spacial score (nSPS) is 16.3. The number of furan rings is 1. The van der Waals surface area contributed by atoms with Crippen molar-refractivity contribution < 1.29 is 18.8 Å². The highest BCUT2D eigenvalue weighted by molar-refractivity contribution is 8.14. The van der Waals surface area contributed by atoms with Crippen molar-refractivity contribution in [2.75, 3.05) is 5.75 Å². The standard InChI is InChI=1S/C24H21N5O4S2/c30-20(26-13-16-6-4-10-34-16)11-19-23(32)29-22(27-19)17-7-1-2-8-18(17)28-24(29)35-14-21(31)25-12-15-5-3-9-33-15/h1-10,19H,11-14H2,(H,25,31)(H,26,30)/t19-/m0/s1. The first kappa shape index (κ1) is 23.1. The molecule has 5 rings (SSSR count). The third-order valence-corrected chi connectivity index (χ3v) is 7.15. The van der Waals surface area contributed by atoms with Gasteiger partial charge < -0.3 is 15.1 Å². The minimum atomic E-state index is -0.849. The molecule has 9 nitrogen and oxygen atoms in total. The Morgan fingerprint density at radius 2 is 1.91 bits per heavy atom. The zero-order valence-corrected chi connectivity index (χ0v) is 20.1. The second kappa shape index (κ2) is 10.3.